The first kappa shape index (κ1) is 17.5. The van der Waals surface area contributed by atoms with E-state index in [1.165, 1.54) is 23.9 Å². The lowest BCUT2D eigenvalue weighted by molar-refractivity contribution is -0.384. The fourth-order valence-corrected chi connectivity index (χ4v) is 3.36. The molecular weight excluding hydrogens is 380 g/mol. The predicted molar refractivity (Wildman–Crippen MR) is 96.8 cm³/mol. The highest BCUT2D eigenvalue weighted by Gasteiger charge is 2.11. The van der Waals surface area contributed by atoms with Gasteiger partial charge < -0.3 is 5.32 Å². The van der Waals surface area contributed by atoms with Gasteiger partial charge in [-0.2, -0.15) is 0 Å². The van der Waals surface area contributed by atoms with Gasteiger partial charge in [0.25, 0.3) is 5.69 Å². The van der Waals surface area contributed by atoms with E-state index in [1.54, 1.807) is 13.0 Å². The maximum absolute atomic E-state index is 12.0. The normalized spacial score (nSPS) is 10.3. The largest absolute Gasteiger partial charge is 0.325 e. The number of non-ortho nitro benzene ring substituents is 1. The first-order chi connectivity index (χ1) is 11.0. The lowest BCUT2D eigenvalue weighted by Crippen LogP contribution is -2.15. The average Bonchev–Trinajstić information content (AvgIpc) is 2.51. The van der Waals surface area contributed by atoms with Gasteiger partial charge in [0.15, 0.2) is 0 Å². The van der Waals surface area contributed by atoms with Crippen LogP contribution in [0.1, 0.15) is 11.1 Å². The summed E-state index contributed by atoms with van der Waals surface area (Å²) in [6.07, 6.45) is 0. The van der Waals surface area contributed by atoms with E-state index in [1.807, 2.05) is 24.3 Å². The van der Waals surface area contributed by atoms with Crippen LogP contribution in [0.25, 0.3) is 0 Å². The molecule has 0 spiro atoms. The molecule has 2 aromatic carbocycles. The monoisotopic (exact) mass is 394 g/mol. The molecule has 0 aromatic heterocycles. The topological polar surface area (TPSA) is 72.2 Å². The van der Waals surface area contributed by atoms with E-state index >= 15 is 0 Å². The van der Waals surface area contributed by atoms with Crippen molar-refractivity contribution in [3.8, 4) is 0 Å². The smallest absolute Gasteiger partial charge is 0.271 e. The van der Waals surface area contributed by atoms with Crippen molar-refractivity contribution in [2.24, 2.45) is 0 Å². The second-order valence-corrected chi connectivity index (χ2v) is 6.73. The molecule has 5 nitrogen and oxygen atoms in total. The number of aryl methyl sites for hydroxylation is 1. The second-order valence-electron chi connectivity index (χ2n) is 4.89. The summed E-state index contributed by atoms with van der Waals surface area (Å²) in [5.74, 6) is 0.817. The van der Waals surface area contributed by atoms with Crippen LogP contribution in [0.4, 0.5) is 11.4 Å². The van der Waals surface area contributed by atoms with Crippen LogP contribution in [0.3, 0.4) is 0 Å². The van der Waals surface area contributed by atoms with Gasteiger partial charge >= 0.3 is 0 Å². The fraction of sp³-hybridized carbons (Fsp3) is 0.188. The molecule has 7 heteroatoms. The number of nitrogens with one attached hydrogen (secondary N) is 1. The number of carbonyl (C=O) groups excluding carboxylic acids is 1. The lowest BCUT2D eigenvalue weighted by Gasteiger charge is -2.08. The van der Waals surface area contributed by atoms with E-state index in [0.29, 0.717) is 11.4 Å². The van der Waals surface area contributed by atoms with Crippen LogP contribution in [0.2, 0.25) is 0 Å². The van der Waals surface area contributed by atoms with Crippen molar-refractivity contribution in [3.05, 3.63) is 68.2 Å². The van der Waals surface area contributed by atoms with Gasteiger partial charge in [-0.3, -0.25) is 14.9 Å². The third-order valence-corrected chi connectivity index (χ3v) is 4.91. The van der Waals surface area contributed by atoms with Gasteiger partial charge in [0.2, 0.25) is 5.91 Å². The molecule has 1 N–H and O–H groups in total. The standard InChI is InChI=1S/C16H15BrN2O3S/c1-11-6-7-13(19(21)22)8-15(11)18-16(20)10-23-9-12-4-2-3-5-14(12)17/h2-8H,9-10H2,1H3,(H,18,20). The first-order valence-corrected chi connectivity index (χ1v) is 8.78. The minimum absolute atomic E-state index is 0.0354. The van der Waals surface area contributed by atoms with Crippen molar-refractivity contribution in [3.63, 3.8) is 0 Å². The highest BCUT2D eigenvalue weighted by Crippen LogP contribution is 2.23. The molecule has 0 bridgehead atoms. The summed E-state index contributed by atoms with van der Waals surface area (Å²) in [6, 6.07) is 12.3. The molecule has 0 fully saturated rings. The van der Waals surface area contributed by atoms with Crippen molar-refractivity contribution in [2.75, 3.05) is 11.1 Å². The Balaban J connectivity index is 1.91. The lowest BCUT2D eigenvalue weighted by atomic mass is 10.2. The number of carbonyl (C=O) groups is 1. The predicted octanol–water partition coefficient (Wildman–Crippen LogP) is 4.54. The SMILES string of the molecule is Cc1ccc([N+](=O)[O-])cc1NC(=O)CSCc1ccccc1Br. The number of benzene rings is 2. The van der Waals surface area contributed by atoms with Gasteiger partial charge in [0.1, 0.15) is 0 Å². The van der Waals surface area contributed by atoms with Gasteiger partial charge in [0.05, 0.1) is 16.4 Å². The minimum Gasteiger partial charge on any atom is -0.325 e. The number of rotatable bonds is 6. The van der Waals surface area contributed by atoms with Crippen LogP contribution in [0, 0.1) is 17.0 Å². The van der Waals surface area contributed by atoms with Gasteiger partial charge in [-0.05, 0) is 24.1 Å². The first-order valence-electron chi connectivity index (χ1n) is 6.83. The maximum atomic E-state index is 12.0. The Hall–Kier alpha value is -1.86. The van der Waals surface area contributed by atoms with Crippen LogP contribution < -0.4 is 5.32 Å². The van der Waals surface area contributed by atoms with Gasteiger partial charge in [0, 0.05) is 22.4 Å². The summed E-state index contributed by atoms with van der Waals surface area (Å²) in [5.41, 5.74) is 2.36. The zero-order valence-corrected chi connectivity index (χ0v) is 14.8. The number of nitro groups is 1. The van der Waals surface area contributed by atoms with E-state index in [2.05, 4.69) is 21.2 Å². The van der Waals surface area contributed by atoms with E-state index < -0.39 is 4.92 Å². The number of thioether (sulfide) groups is 1. The molecule has 0 aliphatic rings. The highest BCUT2D eigenvalue weighted by molar-refractivity contribution is 9.10. The van der Waals surface area contributed by atoms with Crippen molar-refractivity contribution in [1.82, 2.24) is 0 Å². The van der Waals surface area contributed by atoms with Crippen LogP contribution in [0.5, 0.6) is 0 Å². The number of halogens is 1. The molecule has 2 aromatic rings. The number of amides is 1. The molecular formula is C16H15BrN2O3S. The van der Waals surface area contributed by atoms with Crippen molar-refractivity contribution in [1.29, 1.82) is 0 Å². The molecule has 0 atom stereocenters. The minimum atomic E-state index is -0.475. The molecule has 0 saturated heterocycles. The third-order valence-electron chi connectivity index (χ3n) is 3.15. The summed E-state index contributed by atoms with van der Waals surface area (Å²) in [7, 11) is 0. The number of nitrogens with zero attached hydrogens (tertiary/aromatic N) is 1. The number of hydrogen-bond acceptors (Lipinski definition) is 4. The molecule has 0 saturated carbocycles. The Labute approximate surface area is 146 Å². The molecule has 2 rings (SSSR count). The van der Waals surface area contributed by atoms with Gasteiger partial charge in [-0.1, -0.05) is 40.2 Å². The van der Waals surface area contributed by atoms with Crippen LogP contribution in [-0.4, -0.2) is 16.6 Å². The van der Waals surface area contributed by atoms with Crippen molar-refractivity contribution in [2.45, 2.75) is 12.7 Å². The molecule has 0 radical (unpaired) electrons. The van der Waals surface area contributed by atoms with Crippen LogP contribution >= 0.6 is 27.7 Å². The quantitative estimate of drug-likeness (QED) is 0.576. The second kappa shape index (κ2) is 8.12. The zero-order valence-electron chi connectivity index (χ0n) is 12.4. The molecule has 0 heterocycles. The van der Waals surface area contributed by atoms with E-state index in [4.69, 9.17) is 0 Å². The molecule has 0 unspecified atom stereocenters. The highest BCUT2D eigenvalue weighted by atomic mass is 79.9. The third kappa shape index (κ3) is 5.07. The number of hydrogen-bond donors (Lipinski definition) is 1. The number of anilines is 1. The maximum Gasteiger partial charge on any atom is 0.271 e. The number of nitro benzene ring substituents is 1. The van der Waals surface area contributed by atoms with E-state index in [9.17, 15) is 14.9 Å². The van der Waals surface area contributed by atoms with Gasteiger partial charge in [-0.15, -0.1) is 11.8 Å². The summed E-state index contributed by atoms with van der Waals surface area (Å²) >= 11 is 4.96. The molecule has 1 amide bonds. The van der Waals surface area contributed by atoms with Crippen LogP contribution in [0.15, 0.2) is 46.9 Å². The molecule has 0 aliphatic heterocycles. The summed E-state index contributed by atoms with van der Waals surface area (Å²) in [6.45, 7) is 1.80. The van der Waals surface area contributed by atoms with Crippen molar-refractivity contribution < 1.29 is 9.72 Å². The van der Waals surface area contributed by atoms with Crippen molar-refractivity contribution >= 4 is 45.0 Å². The van der Waals surface area contributed by atoms with Crippen LogP contribution in [-0.2, 0) is 10.5 Å². The Morgan fingerprint density at radius 1 is 1.30 bits per heavy atom. The Morgan fingerprint density at radius 3 is 2.74 bits per heavy atom. The van der Waals surface area contributed by atoms with Gasteiger partial charge in [-0.25, -0.2) is 0 Å². The Bertz CT molecular complexity index is 737. The molecule has 120 valence electrons. The summed E-state index contributed by atoms with van der Waals surface area (Å²) in [5, 5.41) is 13.5. The van der Waals surface area contributed by atoms with E-state index in [-0.39, 0.29) is 17.3 Å². The summed E-state index contributed by atoms with van der Waals surface area (Å²) < 4.78 is 1.02. The Kier molecular flexibility index (Phi) is 6.18. The van der Waals surface area contributed by atoms with E-state index in [0.717, 1.165) is 15.6 Å². The molecule has 0 aliphatic carbocycles. The summed E-state index contributed by atoms with van der Waals surface area (Å²) in [4.78, 5) is 22.3. The fourth-order valence-electron chi connectivity index (χ4n) is 1.91. The Morgan fingerprint density at radius 2 is 2.04 bits per heavy atom. The molecule has 23 heavy (non-hydrogen) atoms. The zero-order chi connectivity index (χ0) is 16.8. The average molecular weight is 395 g/mol.